The summed E-state index contributed by atoms with van der Waals surface area (Å²) in [5, 5.41) is 7.77. The van der Waals surface area contributed by atoms with Crippen LogP contribution < -0.4 is 15.5 Å². The number of carbonyl (C=O) groups is 2. The average molecular weight is 450 g/mol. The molecule has 1 aliphatic heterocycles. The molecule has 0 radical (unpaired) electrons. The Bertz CT molecular complexity index is 1080. The van der Waals surface area contributed by atoms with Gasteiger partial charge in [-0.1, -0.05) is 30.3 Å². The number of carbonyl (C=O) groups excluding carboxylic acids is 2. The van der Waals surface area contributed by atoms with E-state index in [0.29, 0.717) is 29.3 Å². The standard InChI is InChI=1S/C25H27N3O3S/c1-31-14-5-12-26-24(29)21-16-20(27-25(30)23-8-4-15-32-23)9-10-22(21)28-13-11-18-6-2-3-7-19(18)17-28/h2-4,6-10,15-16H,5,11-14,17H2,1H3,(H,26,29)(H,27,30). The molecule has 0 atom stereocenters. The van der Waals surface area contributed by atoms with E-state index in [-0.39, 0.29) is 11.8 Å². The number of nitrogens with zero attached hydrogens (tertiary/aromatic N) is 1. The summed E-state index contributed by atoms with van der Waals surface area (Å²) >= 11 is 1.38. The predicted octanol–water partition coefficient (Wildman–Crippen LogP) is 4.33. The van der Waals surface area contributed by atoms with Gasteiger partial charge in [-0.25, -0.2) is 0 Å². The largest absolute Gasteiger partial charge is 0.385 e. The fraction of sp³-hybridized carbons (Fsp3) is 0.280. The van der Waals surface area contributed by atoms with Crippen LogP contribution in [0.15, 0.2) is 60.0 Å². The van der Waals surface area contributed by atoms with Crippen molar-refractivity contribution in [2.75, 3.05) is 37.0 Å². The highest BCUT2D eigenvalue weighted by atomic mass is 32.1. The quantitative estimate of drug-likeness (QED) is 0.502. The number of rotatable bonds is 8. The van der Waals surface area contributed by atoms with E-state index in [9.17, 15) is 9.59 Å². The Labute approximate surface area is 192 Å². The van der Waals surface area contributed by atoms with Crippen molar-refractivity contribution < 1.29 is 14.3 Å². The van der Waals surface area contributed by atoms with E-state index in [1.54, 1.807) is 19.2 Å². The molecule has 4 rings (SSSR count). The van der Waals surface area contributed by atoms with E-state index in [1.165, 1.54) is 22.5 Å². The first-order valence-electron chi connectivity index (χ1n) is 10.7. The van der Waals surface area contributed by atoms with Crippen LogP contribution in [0, 0.1) is 0 Å². The maximum atomic E-state index is 13.1. The predicted molar refractivity (Wildman–Crippen MR) is 129 cm³/mol. The zero-order valence-corrected chi connectivity index (χ0v) is 18.9. The Morgan fingerprint density at radius 2 is 1.91 bits per heavy atom. The number of benzene rings is 2. The number of thiophene rings is 1. The smallest absolute Gasteiger partial charge is 0.265 e. The molecule has 0 spiro atoms. The van der Waals surface area contributed by atoms with E-state index < -0.39 is 0 Å². The molecule has 0 bridgehead atoms. The van der Waals surface area contributed by atoms with Crippen LogP contribution in [-0.4, -0.2) is 38.6 Å². The molecule has 0 aliphatic carbocycles. The second-order valence-corrected chi connectivity index (χ2v) is 8.65. The summed E-state index contributed by atoms with van der Waals surface area (Å²) in [7, 11) is 1.65. The maximum Gasteiger partial charge on any atom is 0.265 e. The molecule has 1 aliphatic rings. The molecule has 1 aromatic heterocycles. The van der Waals surface area contributed by atoms with Crippen molar-refractivity contribution in [3.05, 3.63) is 81.5 Å². The zero-order chi connectivity index (χ0) is 22.3. The van der Waals surface area contributed by atoms with Crippen LogP contribution in [0.5, 0.6) is 0 Å². The van der Waals surface area contributed by atoms with Crippen LogP contribution in [0.1, 0.15) is 37.6 Å². The third-order valence-electron chi connectivity index (χ3n) is 5.53. The lowest BCUT2D eigenvalue weighted by molar-refractivity contribution is 0.0947. The highest BCUT2D eigenvalue weighted by molar-refractivity contribution is 7.12. The Balaban J connectivity index is 1.58. The minimum absolute atomic E-state index is 0.151. The second-order valence-electron chi connectivity index (χ2n) is 7.71. The molecule has 0 fully saturated rings. The zero-order valence-electron chi connectivity index (χ0n) is 18.1. The first kappa shape index (κ1) is 22.0. The number of hydrogen-bond acceptors (Lipinski definition) is 5. The lowest BCUT2D eigenvalue weighted by Gasteiger charge is -2.32. The molecular weight excluding hydrogens is 422 g/mol. The number of anilines is 2. The van der Waals surface area contributed by atoms with Gasteiger partial charge in [0.05, 0.1) is 10.4 Å². The van der Waals surface area contributed by atoms with Crippen LogP contribution in [-0.2, 0) is 17.7 Å². The van der Waals surface area contributed by atoms with Crippen molar-refractivity contribution in [2.24, 2.45) is 0 Å². The van der Waals surface area contributed by atoms with Crippen LogP contribution in [0.2, 0.25) is 0 Å². The third-order valence-corrected chi connectivity index (χ3v) is 6.39. The van der Waals surface area contributed by atoms with Crippen LogP contribution in [0.25, 0.3) is 0 Å². The van der Waals surface area contributed by atoms with Gasteiger partial charge in [0.25, 0.3) is 11.8 Å². The molecule has 2 aromatic carbocycles. The van der Waals surface area contributed by atoms with Gasteiger partial charge in [0.2, 0.25) is 0 Å². The van der Waals surface area contributed by atoms with Crippen LogP contribution in [0.3, 0.4) is 0 Å². The molecule has 3 aromatic rings. The lowest BCUT2D eigenvalue weighted by atomic mass is 9.98. The van der Waals surface area contributed by atoms with Gasteiger partial charge >= 0.3 is 0 Å². The normalized spacial score (nSPS) is 12.8. The van der Waals surface area contributed by atoms with Crippen molar-refractivity contribution >= 4 is 34.5 Å². The molecule has 6 nitrogen and oxygen atoms in total. The number of methoxy groups -OCH3 is 1. The fourth-order valence-electron chi connectivity index (χ4n) is 3.89. The van der Waals surface area contributed by atoms with Gasteiger partial charge < -0.3 is 20.3 Å². The highest BCUT2D eigenvalue weighted by Gasteiger charge is 2.22. The van der Waals surface area contributed by atoms with Gasteiger partial charge in [-0.15, -0.1) is 11.3 Å². The lowest BCUT2D eigenvalue weighted by Crippen LogP contribution is -2.33. The summed E-state index contributed by atoms with van der Waals surface area (Å²) in [6.45, 7) is 2.70. The number of fused-ring (bicyclic) bond motifs is 1. The maximum absolute atomic E-state index is 13.1. The average Bonchev–Trinajstić information content (AvgIpc) is 3.37. The van der Waals surface area contributed by atoms with Crippen molar-refractivity contribution in [3.8, 4) is 0 Å². The van der Waals surface area contributed by atoms with E-state index >= 15 is 0 Å². The van der Waals surface area contributed by atoms with E-state index in [4.69, 9.17) is 4.74 Å². The van der Waals surface area contributed by atoms with Crippen molar-refractivity contribution in [2.45, 2.75) is 19.4 Å². The molecular formula is C25H27N3O3S. The molecule has 0 saturated heterocycles. The molecule has 32 heavy (non-hydrogen) atoms. The SMILES string of the molecule is COCCCNC(=O)c1cc(NC(=O)c2cccs2)ccc1N1CCc2ccccc2C1. The fourth-order valence-corrected chi connectivity index (χ4v) is 4.51. The monoisotopic (exact) mass is 449 g/mol. The van der Waals surface area contributed by atoms with Gasteiger partial charge in [0, 0.05) is 44.7 Å². The number of ether oxygens (including phenoxy) is 1. The van der Waals surface area contributed by atoms with E-state index in [0.717, 1.165) is 31.6 Å². The van der Waals surface area contributed by atoms with Crippen LogP contribution in [0.4, 0.5) is 11.4 Å². The van der Waals surface area contributed by atoms with Gasteiger partial charge in [-0.2, -0.15) is 0 Å². The molecule has 2 N–H and O–H groups in total. The first-order valence-corrected chi connectivity index (χ1v) is 11.6. The van der Waals surface area contributed by atoms with Gasteiger partial charge in [-0.05, 0) is 53.6 Å². The van der Waals surface area contributed by atoms with E-state index in [2.05, 4.69) is 39.8 Å². The van der Waals surface area contributed by atoms with Crippen molar-refractivity contribution in [1.29, 1.82) is 0 Å². The summed E-state index contributed by atoms with van der Waals surface area (Å²) in [5.74, 6) is -0.326. The molecule has 0 unspecified atom stereocenters. The number of amides is 2. The summed E-state index contributed by atoms with van der Waals surface area (Å²) in [6, 6.07) is 17.6. The summed E-state index contributed by atoms with van der Waals surface area (Å²) in [6.07, 6.45) is 1.67. The number of hydrogen-bond donors (Lipinski definition) is 2. The van der Waals surface area contributed by atoms with Gasteiger partial charge in [0.1, 0.15) is 0 Å². The Morgan fingerprint density at radius 1 is 1.06 bits per heavy atom. The molecule has 166 valence electrons. The van der Waals surface area contributed by atoms with Gasteiger partial charge in [-0.3, -0.25) is 9.59 Å². The molecule has 7 heteroatoms. The summed E-state index contributed by atoms with van der Waals surface area (Å²) in [5.41, 5.74) is 4.67. The highest BCUT2D eigenvalue weighted by Crippen LogP contribution is 2.30. The minimum Gasteiger partial charge on any atom is -0.385 e. The van der Waals surface area contributed by atoms with Crippen molar-refractivity contribution in [3.63, 3.8) is 0 Å². The van der Waals surface area contributed by atoms with Crippen LogP contribution >= 0.6 is 11.3 Å². The van der Waals surface area contributed by atoms with E-state index in [1.807, 2.05) is 23.6 Å². The molecule has 0 saturated carbocycles. The molecule has 2 amide bonds. The number of nitrogens with one attached hydrogen (secondary N) is 2. The first-order chi connectivity index (χ1) is 15.7. The summed E-state index contributed by atoms with van der Waals surface area (Å²) < 4.78 is 5.07. The third kappa shape index (κ3) is 5.18. The van der Waals surface area contributed by atoms with Crippen molar-refractivity contribution in [1.82, 2.24) is 5.32 Å². The Kier molecular flexibility index (Phi) is 7.19. The van der Waals surface area contributed by atoms with Gasteiger partial charge in [0.15, 0.2) is 0 Å². The summed E-state index contributed by atoms with van der Waals surface area (Å²) in [4.78, 5) is 28.5. The topological polar surface area (TPSA) is 70.7 Å². The minimum atomic E-state index is -0.175. The molecule has 2 heterocycles. The Morgan fingerprint density at radius 3 is 2.69 bits per heavy atom. The Hall–Kier alpha value is -3.16. The second kappa shape index (κ2) is 10.4.